The summed E-state index contributed by atoms with van der Waals surface area (Å²) < 4.78 is 5.86. The molecule has 2 nitrogen and oxygen atoms in total. The quantitative estimate of drug-likeness (QED) is 0.662. The van der Waals surface area contributed by atoms with Crippen LogP contribution < -0.4 is 0 Å². The molecule has 0 aliphatic carbocycles. The first kappa shape index (κ1) is 12.6. The third kappa shape index (κ3) is 3.86. The van der Waals surface area contributed by atoms with Gasteiger partial charge in [-0.25, -0.2) is 0 Å². The molecule has 88 valence electrons. The van der Waals surface area contributed by atoms with Gasteiger partial charge in [0, 0.05) is 0 Å². The predicted octanol–water partition coefficient (Wildman–Crippen LogP) is 3.19. The largest absolute Gasteiger partial charge is 0.491 e. The Morgan fingerprint density at radius 3 is 2.67 bits per heavy atom. The monoisotopic (exact) mass is 211 g/mol. The summed E-state index contributed by atoms with van der Waals surface area (Å²) >= 11 is 0. The molecule has 0 bridgehead atoms. The van der Waals surface area contributed by atoms with Crippen LogP contribution in [-0.4, -0.2) is 29.6 Å². The highest BCUT2D eigenvalue weighted by molar-refractivity contribution is 5.02. The van der Waals surface area contributed by atoms with Crippen LogP contribution in [0.1, 0.15) is 47.0 Å². The summed E-state index contributed by atoms with van der Waals surface area (Å²) in [6, 6.07) is 0.448. The first-order valence-electron chi connectivity index (χ1n) is 6.06. The minimum atomic E-state index is -0.114. The molecule has 0 radical (unpaired) electrons. The zero-order valence-corrected chi connectivity index (χ0v) is 10.7. The van der Waals surface area contributed by atoms with Gasteiger partial charge >= 0.3 is 0 Å². The van der Waals surface area contributed by atoms with Crippen LogP contribution in [0.15, 0.2) is 12.3 Å². The van der Waals surface area contributed by atoms with Crippen LogP contribution in [0, 0.1) is 0 Å². The van der Waals surface area contributed by atoms with Crippen molar-refractivity contribution in [3.8, 4) is 0 Å². The lowest BCUT2D eigenvalue weighted by atomic mass is 10.1. The van der Waals surface area contributed by atoms with Crippen LogP contribution in [0.5, 0.6) is 0 Å². The van der Waals surface area contributed by atoms with Crippen molar-refractivity contribution in [2.45, 2.75) is 58.6 Å². The van der Waals surface area contributed by atoms with Crippen LogP contribution in [0.3, 0.4) is 0 Å². The maximum Gasteiger partial charge on any atom is 0.107 e. The van der Waals surface area contributed by atoms with Gasteiger partial charge in [-0.1, -0.05) is 13.5 Å². The zero-order chi connectivity index (χ0) is 11.5. The minimum absolute atomic E-state index is 0.114. The smallest absolute Gasteiger partial charge is 0.107 e. The standard InChI is InChI=1S/C13H25NO/c1-6-9-14-10-7-8-12(14)11(2)15-13(3,4)5/h12H,2,6-10H2,1,3-5H3. The molecule has 1 heterocycles. The van der Waals surface area contributed by atoms with E-state index in [1.54, 1.807) is 0 Å². The Labute approximate surface area is 94.3 Å². The third-order valence-corrected chi connectivity index (χ3v) is 2.68. The van der Waals surface area contributed by atoms with E-state index in [0.717, 1.165) is 12.3 Å². The van der Waals surface area contributed by atoms with Gasteiger partial charge in [0.05, 0.1) is 6.04 Å². The summed E-state index contributed by atoms with van der Waals surface area (Å²) in [6.07, 6.45) is 3.69. The van der Waals surface area contributed by atoms with E-state index < -0.39 is 0 Å². The van der Waals surface area contributed by atoms with Crippen molar-refractivity contribution in [3.05, 3.63) is 12.3 Å². The molecule has 0 aromatic heterocycles. The van der Waals surface area contributed by atoms with Gasteiger partial charge in [-0.15, -0.1) is 0 Å². The van der Waals surface area contributed by atoms with Gasteiger partial charge in [-0.05, 0) is 53.1 Å². The third-order valence-electron chi connectivity index (χ3n) is 2.68. The van der Waals surface area contributed by atoms with E-state index in [1.165, 1.54) is 25.8 Å². The minimum Gasteiger partial charge on any atom is -0.491 e. The summed E-state index contributed by atoms with van der Waals surface area (Å²) in [6.45, 7) is 14.9. The van der Waals surface area contributed by atoms with E-state index >= 15 is 0 Å². The maximum absolute atomic E-state index is 5.86. The van der Waals surface area contributed by atoms with Gasteiger partial charge in [0.25, 0.3) is 0 Å². The van der Waals surface area contributed by atoms with Crippen LogP contribution in [-0.2, 0) is 4.74 Å². The number of hydrogen-bond donors (Lipinski definition) is 0. The van der Waals surface area contributed by atoms with Gasteiger partial charge in [-0.2, -0.15) is 0 Å². The van der Waals surface area contributed by atoms with Gasteiger partial charge in [0.15, 0.2) is 0 Å². The molecule has 0 saturated carbocycles. The Kier molecular flexibility index (Phi) is 4.21. The molecule has 1 saturated heterocycles. The van der Waals surface area contributed by atoms with Crippen LogP contribution >= 0.6 is 0 Å². The summed E-state index contributed by atoms with van der Waals surface area (Å²) in [5.41, 5.74) is -0.114. The van der Waals surface area contributed by atoms with E-state index in [-0.39, 0.29) is 5.60 Å². The SMILES string of the molecule is C=C(OC(C)(C)C)C1CCCN1CCC. The van der Waals surface area contributed by atoms with Crippen molar-refractivity contribution in [2.24, 2.45) is 0 Å². The topological polar surface area (TPSA) is 12.5 Å². The first-order chi connectivity index (χ1) is 6.94. The molecule has 2 heteroatoms. The van der Waals surface area contributed by atoms with Crippen molar-refractivity contribution in [1.29, 1.82) is 0 Å². The van der Waals surface area contributed by atoms with Crippen molar-refractivity contribution < 1.29 is 4.74 Å². The van der Waals surface area contributed by atoms with Crippen LogP contribution in [0.2, 0.25) is 0 Å². The van der Waals surface area contributed by atoms with Crippen LogP contribution in [0.25, 0.3) is 0 Å². The fourth-order valence-electron chi connectivity index (χ4n) is 2.21. The van der Waals surface area contributed by atoms with Gasteiger partial charge < -0.3 is 4.74 Å². The lowest BCUT2D eigenvalue weighted by Crippen LogP contribution is -2.34. The highest BCUT2D eigenvalue weighted by Gasteiger charge is 2.28. The van der Waals surface area contributed by atoms with E-state index in [4.69, 9.17) is 4.74 Å². The number of nitrogens with zero attached hydrogens (tertiary/aromatic N) is 1. The first-order valence-corrected chi connectivity index (χ1v) is 6.06. The Morgan fingerprint density at radius 1 is 1.47 bits per heavy atom. The summed E-state index contributed by atoms with van der Waals surface area (Å²) in [4.78, 5) is 2.49. The number of ether oxygens (including phenoxy) is 1. The Balaban J connectivity index is 2.51. The highest BCUT2D eigenvalue weighted by atomic mass is 16.5. The molecule has 1 aliphatic rings. The second-order valence-corrected chi connectivity index (χ2v) is 5.37. The fourth-order valence-corrected chi connectivity index (χ4v) is 2.21. The Bertz CT molecular complexity index is 217. The van der Waals surface area contributed by atoms with Crippen molar-refractivity contribution in [1.82, 2.24) is 4.90 Å². The molecule has 0 aromatic rings. The molecule has 0 N–H and O–H groups in total. The highest BCUT2D eigenvalue weighted by Crippen LogP contribution is 2.26. The molecule has 1 atom stereocenters. The molecule has 15 heavy (non-hydrogen) atoms. The molecular formula is C13H25NO. The van der Waals surface area contributed by atoms with Gasteiger partial charge in [0.1, 0.15) is 11.4 Å². The maximum atomic E-state index is 5.86. The van der Waals surface area contributed by atoms with Crippen LogP contribution in [0.4, 0.5) is 0 Å². The average Bonchev–Trinajstić information content (AvgIpc) is 2.49. The summed E-state index contributed by atoms with van der Waals surface area (Å²) in [5, 5.41) is 0. The summed E-state index contributed by atoms with van der Waals surface area (Å²) in [7, 11) is 0. The van der Waals surface area contributed by atoms with Crippen molar-refractivity contribution in [3.63, 3.8) is 0 Å². The van der Waals surface area contributed by atoms with E-state index in [9.17, 15) is 0 Å². The van der Waals surface area contributed by atoms with Gasteiger partial charge in [0.2, 0.25) is 0 Å². The lowest BCUT2D eigenvalue weighted by molar-refractivity contribution is 0.0279. The van der Waals surface area contributed by atoms with E-state index in [0.29, 0.717) is 6.04 Å². The van der Waals surface area contributed by atoms with E-state index in [2.05, 4.69) is 39.2 Å². The van der Waals surface area contributed by atoms with Crippen molar-refractivity contribution in [2.75, 3.05) is 13.1 Å². The number of likely N-dealkylation sites (tertiary alicyclic amines) is 1. The van der Waals surface area contributed by atoms with Gasteiger partial charge in [-0.3, -0.25) is 4.90 Å². The molecule has 0 amide bonds. The lowest BCUT2D eigenvalue weighted by Gasteiger charge is -2.30. The fraction of sp³-hybridized carbons (Fsp3) is 0.846. The summed E-state index contributed by atoms with van der Waals surface area (Å²) in [5.74, 6) is 0.952. The second kappa shape index (κ2) is 5.02. The number of rotatable bonds is 4. The predicted molar refractivity (Wildman–Crippen MR) is 64.9 cm³/mol. The second-order valence-electron chi connectivity index (χ2n) is 5.37. The molecule has 1 unspecified atom stereocenters. The van der Waals surface area contributed by atoms with E-state index in [1.807, 2.05) is 0 Å². The zero-order valence-electron chi connectivity index (χ0n) is 10.7. The molecule has 0 spiro atoms. The van der Waals surface area contributed by atoms with Crippen molar-refractivity contribution >= 4 is 0 Å². The number of hydrogen-bond acceptors (Lipinski definition) is 2. The Morgan fingerprint density at radius 2 is 2.13 bits per heavy atom. The molecule has 1 aliphatic heterocycles. The molecule has 1 fully saturated rings. The average molecular weight is 211 g/mol. The molecule has 1 rings (SSSR count). The molecule has 0 aromatic carbocycles. The molecular weight excluding hydrogens is 186 g/mol. The Hall–Kier alpha value is -0.500. The normalized spacial score (nSPS) is 23.1.